The van der Waals surface area contributed by atoms with E-state index in [1.54, 1.807) is 24.3 Å². The maximum Gasteiger partial charge on any atom is 0.222 e. The number of hydrogen-bond acceptors (Lipinski definition) is 5. The molecule has 0 fully saturated rings. The van der Waals surface area contributed by atoms with Crippen LogP contribution in [0.1, 0.15) is 78.2 Å². The Bertz CT molecular complexity index is 1150. The molecule has 228 valence electrons. The molecule has 0 bridgehead atoms. The second kappa shape index (κ2) is 25.7. The van der Waals surface area contributed by atoms with Gasteiger partial charge in [0.15, 0.2) is 5.82 Å². The standard InChI is InChI=1S/C20H30O.C14H15FN4O.CH4/c1-2-3-4-5-6-7-8-9-10-11-12-13-14-15-16-17-18-19-20-21;1-9(20)18-14-12(16)6-7-13(19-14)17-8-10-2-4-11(15)5-3-10;/h3-4,6-7,9-10,12-13,15-16,20H,2,5,8,11,14,17-19H2,1H3;2-7H,8,16H2,1H3,(H2,17,18,19,20);1H4/b4-3-,7-6-,10-9-,13-12-,16-15-;;. The van der Waals surface area contributed by atoms with Crippen molar-refractivity contribution in [3.05, 3.63) is 109 Å². The van der Waals surface area contributed by atoms with Crippen molar-refractivity contribution in [3.63, 3.8) is 0 Å². The lowest BCUT2D eigenvalue weighted by Crippen LogP contribution is -2.11. The molecule has 0 spiro atoms. The van der Waals surface area contributed by atoms with Crippen LogP contribution in [0.15, 0.2) is 97.2 Å². The molecule has 1 aromatic carbocycles. The Labute approximate surface area is 252 Å². The maximum atomic E-state index is 12.8. The summed E-state index contributed by atoms with van der Waals surface area (Å²) in [6.45, 7) is 4.04. The number of benzene rings is 1. The van der Waals surface area contributed by atoms with E-state index < -0.39 is 0 Å². The van der Waals surface area contributed by atoms with Crippen LogP contribution in [-0.2, 0) is 16.1 Å². The fourth-order valence-electron chi connectivity index (χ4n) is 3.32. The Morgan fingerprint density at radius 2 is 1.38 bits per heavy atom. The highest BCUT2D eigenvalue weighted by Gasteiger charge is 2.04. The van der Waals surface area contributed by atoms with E-state index in [1.807, 2.05) is 0 Å². The molecule has 42 heavy (non-hydrogen) atoms. The first-order chi connectivity index (χ1) is 20.0. The Morgan fingerprint density at radius 1 is 0.833 bits per heavy atom. The van der Waals surface area contributed by atoms with E-state index >= 15 is 0 Å². The summed E-state index contributed by atoms with van der Waals surface area (Å²) >= 11 is 0. The van der Waals surface area contributed by atoms with Crippen molar-refractivity contribution in [2.75, 3.05) is 16.4 Å². The summed E-state index contributed by atoms with van der Waals surface area (Å²) in [5, 5.41) is 5.64. The van der Waals surface area contributed by atoms with Crippen LogP contribution in [-0.4, -0.2) is 17.2 Å². The Hall–Kier alpha value is -4.26. The summed E-state index contributed by atoms with van der Waals surface area (Å²) in [6.07, 6.45) is 30.7. The SMILES string of the molecule is C.CC(=O)Nc1nc(NCc2ccc(F)cc2)ccc1N.CC/C=C\C/C=C\C/C=C\C/C=C\C/C=C\CCCC=O. The number of hydrogen-bond donors (Lipinski definition) is 3. The molecule has 7 heteroatoms. The van der Waals surface area contributed by atoms with Crippen molar-refractivity contribution in [3.8, 4) is 0 Å². The number of amides is 1. The number of nitrogens with two attached hydrogens (primary N) is 1. The van der Waals surface area contributed by atoms with Gasteiger partial charge in [-0.25, -0.2) is 9.37 Å². The molecule has 1 heterocycles. The van der Waals surface area contributed by atoms with Crippen molar-refractivity contribution in [1.29, 1.82) is 0 Å². The zero-order valence-corrected chi connectivity index (χ0v) is 24.4. The highest BCUT2D eigenvalue weighted by molar-refractivity contribution is 5.90. The minimum atomic E-state index is -0.271. The number of nitrogens with one attached hydrogen (secondary N) is 2. The van der Waals surface area contributed by atoms with Crippen LogP contribution in [0, 0.1) is 5.82 Å². The quantitative estimate of drug-likeness (QED) is 0.0991. The van der Waals surface area contributed by atoms with Crippen LogP contribution in [0.25, 0.3) is 0 Å². The third-order valence-electron chi connectivity index (χ3n) is 5.46. The lowest BCUT2D eigenvalue weighted by Gasteiger charge is -2.10. The zero-order chi connectivity index (χ0) is 30.0. The highest BCUT2D eigenvalue weighted by Crippen LogP contribution is 2.18. The first kappa shape index (κ1) is 37.7. The second-order valence-electron chi connectivity index (χ2n) is 9.10. The van der Waals surface area contributed by atoms with E-state index in [1.165, 1.54) is 19.1 Å². The average Bonchev–Trinajstić information content (AvgIpc) is 2.96. The molecule has 0 aliphatic heterocycles. The third kappa shape index (κ3) is 20.6. The van der Waals surface area contributed by atoms with Crippen molar-refractivity contribution >= 4 is 29.5 Å². The van der Waals surface area contributed by atoms with E-state index in [0.717, 1.165) is 56.8 Å². The van der Waals surface area contributed by atoms with Gasteiger partial charge >= 0.3 is 0 Å². The van der Waals surface area contributed by atoms with E-state index in [-0.39, 0.29) is 19.2 Å². The van der Waals surface area contributed by atoms with Gasteiger partial charge in [0.1, 0.15) is 17.9 Å². The topological polar surface area (TPSA) is 97.1 Å². The molecule has 0 saturated carbocycles. The number of allylic oxidation sites excluding steroid dienone is 10. The molecule has 4 N–H and O–H groups in total. The number of anilines is 3. The number of carbonyl (C=O) groups is 2. The Kier molecular flexibility index (Phi) is 23.1. The molecule has 0 atom stereocenters. The van der Waals surface area contributed by atoms with Crippen molar-refractivity contribution in [2.24, 2.45) is 0 Å². The van der Waals surface area contributed by atoms with Gasteiger partial charge in [-0.15, -0.1) is 0 Å². The van der Waals surface area contributed by atoms with Gasteiger partial charge in [0.25, 0.3) is 0 Å². The number of nitrogens with zero attached hydrogens (tertiary/aromatic N) is 1. The summed E-state index contributed by atoms with van der Waals surface area (Å²) in [4.78, 5) is 25.3. The van der Waals surface area contributed by atoms with Crippen molar-refractivity contribution < 1.29 is 14.0 Å². The minimum Gasteiger partial charge on any atom is -0.396 e. The van der Waals surface area contributed by atoms with Crippen molar-refractivity contribution in [2.45, 2.75) is 79.2 Å². The monoisotopic (exact) mass is 576 g/mol. The van der Waals surface area contributed by atoms with E-state index in [4.69, 9.17) is 5.73 Å². The number of pyridine rings is 1. The number of carbonyl (C=O) groups excluding carboxylic acids is 2. The molecule has 2 rings (SSSR count). The lowest BCUT2D eigenvalue weighted by molar-refractivity contribution is -0.114. The van der Waals surface area contributed by atoms with E-state index in [9.17, 15) is 14.0 Å². The van der Waals surface area contributed by atoms with Gasteiger partial charge in [-0.1, -0.05) is 87.2 Å². The Balaban J connectivity index is 0.000000782. The predicted octanol–water partition coefficient (Wildman–Crippen LogP) is 9.12. The van der Waals surface area contributed by atoms with Gasteiger partial charge in [-0.2, -0.15) is 0 Å². The van der Waals surface area contributed by atoms with Crippen LogP contribution < -0.4 is 16.4 Å². The summed E-state index contributed by atoms with van der Waals surface area (Å²) in [6, 6.07) is 9.55. The van der Waals surface area contributed by atoms with Gasteiger partial charge in [0, 0.05) is 19.9 Å². The van der Waals surface area contributed by atoms with Gasteiger partial charge in [-0.05, 0) is 74.8 Å². The molecule has 2 aromatic rings. The van der Waals surface area contributed by atoms with Gasteiger partial charge < -0.3 is 21.2 Å². The maximum absolute atomic E-state index is 12.8. The van der Waals surface area contributed by atoms with Gasteiger partial charge in [0.2, 0.25) is 5.91 Å². The average molecular weight is 577 g/mol. The normalized spacial score (nSPS) is 11.2. The van der Waals surface area contributed by atoms with Crippen LogP contribution in [0.4, 0.5) is 21.7 Å². The second-order valence-corrected chi connectivity index (χ2v) is 9.10. The third-order valence-corrected chi connectivity index (χ3v) is 5.46. The number of nitrogen functional groups attached to an aromatic ring is 1. The molecular weight excluding hydrogens is 527 g/mol. The number of halogens is 1. The minimum absolute atomic E-state index is 0. The fraction of sp³-hybridized carbons (Fsp3) is 0.343. The molecule has 1 aromatic heterocycles. The van der Waals surface area contributed by atoms with Crippen LogP contribution >= 0.6 is 0 Å². The van der Waals surface area contributed by atoms with E-state index in [2.05, 4.69) is 83.3 Å². The van der Waals surface area contributed by atoms with Crippen LogP contribution in [0.2, 0.25) is 0 Å². The van der Waals surface area contributed by atoms with Gasteiger partial charge in [-0.3, -0.25) is 4.79 Å². The first-order valence-electron chi connectivity index (χ1n) is 14.2. The molecule has 1 amide bonds. The molecule has 6 nitrogen and oxygen atoms in total. The molecule has 0 unspecified atom stereocenters. The summed E-state index contributed by atoms with van der Waals surface area (Å²) in [5.74, 6) is 0.390. The predicted molar refractivity (Wildman–Crippen MR) is 178 cm³/mol. The lowest BCUT2D eigenvalue weighted by atomic mass is 10.2. The smallest absolute Gasteiger partial charge is 0.222 e. The molecule has 0 saturated heterocycles. The molecule has 0 aliphatic carbocycles. The van der Waals surface area contributed by atoms with Crippen LogP contribution in [0.5, 0.6) is 0 Å². The number of rotatable bonds is 17. The Morgan fingerprint density at radius 3 is 1.90 bits per heavy atom. The number of aldehydes is 1. The van der Waals surface area contributed by atoms with Gasteiger partial charge in [0.05, 0.1) is 5.69 Å². The number of unbranched alkanes of at least 4 members (excludes halogenated alkanes) is 2. The zero-order valence-electron chi connectivity index (χ0n) is 24.4. The summed E-state index contributed by atoms with van der Waals surface area (Å²) in [7, 11) is 0. The molecule has 0 aliphatic rings. The number of aromatic nitrogens is 1. The van der Waals surface area contributed by atoms with E-state index in [0.29, 0.717) is 30.3 Å². The van der Waals surface area contributed by atoms with Crippen LogP contribution in [0.3, 0.4) is 0 Å². The summed E-state index contributed by atoms with van der Waals surface area (Å²) in [5.41, 5.74) is 7.03. The first-order valence-corrected chi connectivity index (χ1v) is 14.2. The highest BCUT2D eigenvalue weighted by atomic mass is 19.1. The van der Waals surface area contributed by atoms with Crippen molar-refractivity contribution in [1.82, 2.24) is 4.98 Å². The fourth-order valence-corrected chi connectivity index (χ4v) is 3.32. The largest absolute Gasteiger partial charge is 0.396 e. The summed E-state index contributed by atoms with van der Waals surface area (Å²) < 4.78 is 12.8. The molecule has 0 radical (unpaired) electrons. The molecular formula is C35H49FN4O2.